The van der Waals surface area contributed by atoms with E-state index in [1.54, 1.807) is 24.3 Å². The van der Waals surface area contributed by atoms with Gasteiger partial charge < -0.3 is 14.2 Å². The molecule has 0 N–H and O–H groups in total. The number of rotatable bonds is 7. The van der Waals surface area contributed by atoms with Gasteiger partial charge in [-0.15, -0.1) is 0 Å². The number of methoxy groups -OCH3 is 1. The summed E-state index contributed by atoms with van der Waals surface area (Å²) in [6.07, 6.45) is 4.64. The van der Waals surface area contributed by atoms with Gasteiger partial charge in [0.1, 0.15) is 18.1 Å². The maximum absolute atomic E-state index is 11.8. The van der Waals surface area contributed by atoms with Crippen LogP contribution in [0, 0.1) is 0 Å². The van der Waals surface area contributed by atoms with E-state index in [1.165, 1.54) is 37.5 Å². The lowest BCUT2D eigenvalue weighted by molar-refractivity contribution is -0.128. The number of hydrogen-bond acceptors (Lipinski definition) is 5. The van der Waals surface area contributed by atoms with Crippen LogP contribution >= 0.6 is 0 Å². The van der Waals surface area contributed by atoms with Crippen molar-refractivity contribution >= 4 is 18.0 Å². The van der Waals surface area contributed by atoms with Crippen molar-refractivity contribution in [3.8, 4) is 11.5 Å². The lowest BCUT2D eigenvalue weighted by Gasteiger charge is -2.03. The fourth-order valence-corrected chi connectivity index (χ4v) is 1.92. The Bertz CT molecular complexity index is 758. The fraction of sp³-hybridized carbons (Fsp3) is 0.100. The largest absolute Gasteiger partial charge is 0.490 e. The van der Waals surface area contributed by atoms with E-state index in [1.807, 2.05) is 12.1 Å². The van der Waals surface area contributed by atoms with Gasteiger partial charge in [-0.25, -0.2) is 9.59 Å². The normalized spacial score (nSPS) is 10.3. The van der Waals surface area contributed by atoms with E-state index >= 15 is 0 Å². The Morgan fingerprint density at radius 2 is 1.64 bits per heavy atom. The minimum absolute atomic E-state index is 0.343. The predicted molar refractivity (Wildman–Crippen MR) is 94.6 cm³/mol. The molecule has 2 aromatic rings. The first kappa shape index (κ1) is 18.0. The molecule has 0 unspecified atom stereocenters. The van der Waals surface area contributed by atoms with Crippen LogP contribution in [0.15, 0.2) is 67.3 Å². The standard InChI is InChI=1S/C20H18O5/c1-3-14-24-17-9-4-15(5-10-17)6-13-19(21)25-18-11-7-16(8-12-18)20(22)23-2/h3-13H,1,14H2,2H3/b13-6+. The third-order valence-electron chi connectivity index (χ3n) is 3.15. The Labute approximate surface area is 146 Å². The first-order chi connectivity index (χ1) is 12.1. The van der Waals surface area contributed by atoms with Crippen molar-refractivity contribution in [3.05, 3.63) is 78.4 Å². The summed E-state index contributed by atoms with van der Waals surface area (Å²) >= 11 is 0. The zero-order chi connectivity index (χ0) is 18.1. The summed E-state index contributed by atoms with van der Waals surface area (Å²) in [5.41, 5.74) is 1.22. The minimum Gasteiger partial charge on any atom is -0.490 e. The summed E-state index contributed by atoms with van der Waals surface area (Å²) in [5, 5.41) is 0. The Kier molecular flexibility index (Phi) is 6.54. The average Bonchev–Trinajstić information content (AvgIpc) is 2.65. The molecular formula is C20H18O5. The highest BCUT2D eigenvalue weighted by atomic mass is 16.5. The van der Waals surface area contributed by atoms with Crippen LogP contribution in [0.1, 0.15) is 15.9 Å². The molecule has 0 saturated heterocycles. The number of benzene rings is 2. The second-order valence-corrected chi connectivity index (χ2v) is 4.94. The number of esters is 2. The van der Waals surface area contributed by atoms with E-state index in [4.69, 9.17) is 9.47 Å². The lowest BCUT2D eigenvalue weighted by atomic mass is 10.2. The van der Waals surface area contributed by atoms with Crippen molar-refractivity contribution < 1.29 is 23.8 Å². The van der Waals surface area contributed by atoms with Crippen LogP contribution in [0.4, 0.5) is 0 Å². The van der Waals surface area contributed by atoms with Crippen LogP contribution in [-0.4, -0.2) is 25.7 Å². The summed E-state index contributed by atoms with van der Waals surface area (Å²) in [6, 6.07) is 13.4. The molecule has 0 saturated carbocycles. The fourth-order valence-electron chi connectivity index (χ4n) is 1.92. The van der Waals surface area contributed by atoms with E-state index < -0.39 is 11.9 Å². The van der Waals surface area contributed by atoms with Gasteiger partial charge in [-0.05, 0) is 48.0 Å². The smallest absolute Gasteiger partial charge is 0.337 e. The molecule has 0 heterocycles. The van der Waals surface area contributed by atoms with E-state index in [9.17, 15) is 9.59 Å². The van der Waals surface area contributed by atoms with Gasteiger partial charge in [-0.1, -0.05) is 24.8 Å². The second kappa shape index (κ2) is 9.08. The van der Waals surface area contributed by atoms with Gasteiger partial charge in [-0.2, -0.15) is 0 Å². The molecule has 25 heavy (non-hydrogen) atoms. The molecule has 0 aliphatic heterocycles. The predicted octanol–water partition coefficient (Wildman–Crippen LogP) is 3.66. The summed E-state index contributed by atoms with van der Waals surface area (Å²) in [6.45, 7) is 4.02. The third-order valence-corrected chi connectivity index (χ3v) is 3.15. The molecular weight excluding hydrogens is 320 g/mol. The van der Waals surface area contributed by atoms with Crippen LogP contribution in [0.5, 0.6) is 11.5 Å². The van der Waals surface area contributed by atoms with Crippen molar-refractivity contribution in [3.63, 3.8) is 0 Å². The van der Waals surface area contributed by atoms with E-state index in [2.05, 4.69) is 11.3 Å². The van der Waals surface area contributed by atoms with Crippen LogP contribution < -0.4 is 9.47 Å². The van der Waals surface area contributed by atoms with Gasteiger partial charge in [0.2, 0.25) is 0 Å². The zero-order valence-corrected chi connectivity index (χ0v) is 13.8. The van der Waals surface area contributed by atoms with Crippen molar-refractivity contribution in [2.75, 3.05) is 13.7 Å². The third kappa shape index (κ3) is 5.66. The maximum atomic E-state index is 11.8. The maximum Gasteiger partial charge on any atom is 0.337 e. The number of ether oxygens (including phenoxy) is 3. The molecule has 5 nitrogen and oxygen atoms in total. The Hall–Kier alpha value is -3.34. The molecule has 2 rings (SSSR count). The molecule has 0 aliphatic rings. The van der Waals surface area contributed by atoms with Gasteiger partial charge in [0.15, 0.2) is 0 Å². The lowest BCUT2D eigenvalue weighted by Crippen LogP contribution is -2.05. The number of carbonyl (C=O) groups excluding carboxylic acids is 2. The van der Waals surface area contributed by atoms with Gasteiger partial charge in [0, 0.05) is 6.08 Å². The van der Waals surface area contributed by atoms with Crippen molar-refractivity contribution in [1.29, 1.82) is 0 Å². The summed E-state index contributed by atoms with van der Waals surface area (Å²) in [5.74, 6) is 0.108. The van der Waals surface area contributed by atoms with Crippen molar-refractivity contribution in [2.45, 2.75) is 0 Å². The first-order valence-corrected chi connectivity index (χ1v) is 7.54. The molecule has 2 aromatic carbocycles. The van der Waals surface area contributed by atoms with Crippen molar-refractivity contribution in [1.82, 2.24) is 0 Å². The molecule has 0 amide bonds. The zero-order valence-electron chi connectivity index (χ0n) is 13.8. The van der Waals surface area contributed by atoms with Gasteiger partial charge in [0.25, 0.3) is 0 Å². The summed E-state index contributed by atoms with van der Waals surface area (Å²) in [7, 11) is 1.30. The van der Waals surface area contributed by atoms with Crippen LogP contribution in [-0.2, 0) is 9.53 Å². The monoisotopic (exact) mass is 338 g/mol. The number of hydrogen-bond donors (Lipinski definition) is 0. The molecule has 0 aromatic heterocycles. The molecule has 0 atom stereocenters. The summed E-state index contributed by atoms with van der Waals surface area (Å²) < 4.78 is 15.2. The van der Waals surface area contributed by atoms with Gasteiger partial charge in [-0.3, -0.25) is 0 Å². The Morgan fingerprint density at radius 3 is 2.24 bits per heavy atom. The quantitative estimate of drug-likeness (QED) is 0.334. The van der Waals surface area contributed by atoms with E-state index in [0.29, 0.717) is 17.9 Å². The molecule has 0 aliphatic carbocycles. The second-order valence-electron chi connectivity index (χ2n) is 4.94. The molecule has 0 fully saturated rings. The summed E-state index contributed by atoms with van der Waals surface area (Å²) in [4.78, 5) is 23.2. The highest BCUT2D eigenvalue weighted by Gasteiger charge is 2.06. The first-order valence-electron chi connectivity index (χ1n) is 7.54. The van der Waals surface area contributed by atoms with Crippen LogP contribution in [0.25, 0.3) is 6.08 Å². The van der Waals surface area contributed by atoms with Crippen molar-refractivity contribution in [2.24, 2.45) is 0 Å². The topological polar surface area (TPSA) is 61.8 Å². The van der Waals surface area contributed by atoms with E-state index in [0.717, 1.165) is 11.3 Å². The van der Waals surface area contributed by atoms with Crippen LogP contribution in [0.3, 0.4) is 0 Å². The number of carbonyl (C=O) groups is 2. The SMILES string of the molecule is C=CCOc1ccc(/C=C/C(=O)Oc2ccc(C(=O)OC)cc2)cc1. The van der Waals surface area contributed by atoms with Gasteiger partial charge >= 0.3 is 11.9 Å². The highest BCUT2D eigenvalue weighted by molar-refractivity contribution is 5.90. The molecule has 0 spiro atoms. The Morgan fingerprint density at radius 1 is 1.00 bits per heavy atom. The van der Waals surface area contributed by atoms with Gasteiger partial charge in [0.05, 0.1) is 12.7 Å². The minimum atomic E-state index is -0.516. The Balaban J connectivity index is 1.91. The molecule has 0 bridgehead atoms. The van der Waals surface area contributed by atoms with E-state index in [-0.39, 0.29) is 0 Å². The van der Waals surface area contributed by atoms with Crippen LogP contribution in [0.2, 0.25) is 0 Å². The molecule has 0 radical (unpaired) electrons. The highest BCUT2D eigenvalue weighted by Crippen LogP contribution is 2.15. The molecule has 5 heteroatoms. The average molecular weight is 338 g/mol. The molecule has 128 valence electrons.